The number of carbonyl (C=O) groups is 1. The van der Waals surface area contributed by atoms with Gasteiger partial charge < -0.3 is 10.1 Å². The lowest BCUT2D eigenvalue weighted by atomic mass is 10.2. The summed E-state index contributed by atoms with van der Waals surface area (Å²) in [6.07, 6.45) is 3.52. The van der Waals surface area contributed by atoms with Gasteiger partial charge in [-0.2, -0.15) is 4.31 Å². The van der Waals surface area contributed by atoms with Gasteiger partial charge in [0, 0.05) is 52.1 Å². The minimum absolute atomic E-state index is 0.0811. The highest BCUT2D eigenvalue weighted by Crippen LogP contribution is 2.21. The van der Waals surface area contributed by atoms with E-state index >= 15 is 0 Å². The number of aromatic nitrogens is 1. The van der Waals surface area contributed by atoms with Crippen molar-refractivity contribution < 1.29 is 17.9 Å². The maximum Gasteiger partial charge on any atom is 0.244 e. The summed E-state index contributed by atoms with van der Waals surface area (Å²) in [5, 5.41) is 3.49. The van der Waals surface area contributed by atoms with Crippen molar-refractivity contribution in [2.45, 2.75) is 35.4 Å². The molecule has 2 aliphatic rings. The number of nitrogens with one attached hydrogen (secondary N) is 1. The Hall–Kier alpha value is -1.98. The van der Waals surface area contributed by atoms with E-state index in [-0.39, 0.29) is 22.7 Å². The number of rotatable bonds is 9. The Morgan fingerprint density at radius 1 is 1.12 bits per heavy atom. The molecule has 2 saturated heterocycles. The number of ether oxygens (including phenoxy) is 1. The minimum atomic E-state index is -3.58. The number of piperazine rings is 1. The predicted molar refractivity (Wildman–Crippen MR) is 127 cm³/mol. The van der Waals surface area contributed by atoms with Crippen LogP contribution in [-0.4, -0.2) is 79.7 Å². The highest BCUT2D eigenvalue weighted by Gasteiger charge is 2.28. The molecular formula is C23H30N4O4S2. The van der Waals surface area contributed by atoms with Crippen molar-refractivity contribution in [2.24, 2.45) is 0 Å². The van der Waals surface area contributed by atoms with Crippen molar-refractivity contribution in [1.29, 1.82) is 0 Å². The van der Waals surface area contributed by atoms with E-state index in [2.05, 4.69) is 27.3 Å². The van der Waals surface area contributed by atoms with Gasteiger partial charge in [-0.1, -0.05) is 42.1 Å². The van der Waals surface area contributed by atoms with Crippen LogP contribution in [0.25, 0.3) is 0 Å². The second-order valence-corrected chi connectivity index (χ2v) is 11.2. The van der Waals surface area contributed by atoms with E-state index in [1.807, 2.05) is 18.2 Å². The first-order chi connectivity index (χ1) is 16.0. The Bertz CT molecular complexity index is 1000. The fourth-order valence-corrected chi connectivity index (χ4v) is 5.99. The largest absolute Gasteiger partial charge is 0.376 e. The summed E-state index contributed by atoms with van der Waals surface area (Å²) in [7, 11) is -3.58. The first-order valence-corrected chi connectivity index (χ1v) is 13.7. The molecule has 1 N–H and O–H groups in total. The van der Waals surface area contributed by atoms with Crippen LogP contribution >= 0.6 is 11.8 Å². The SMILES string of the molecule is O=C(CSc1ccc(S(=O)(=O)N2CCN(Cc3ccccc3)CC2)cn1)NCC1CCCO1. The zero-order valence-corrected chi connectivity index (χ0v) is 20.2. The number of hydrogen-bond donors (Lipinski definition) is 1. The standard InChI is InChI=1S/C23H30N4O4S2/c28-22(24-15-20-7-4-14-31-20)18-32-23-9-8-21(16-25-23)33(29,30)27-12-10-26(11-13-27)17-19-5-2-1-3-6-19/h1-3,5-6,8-9,16,20H,4,7,10-15,17-18H2,(H,24,28). The average Bonchev–Trinajstić information content (AvgIpc) is 3.36. The number of thioether (sulfide) groups is 1. The molecule has 0 saturated carbocycles. The van der Waals surface area contributed by atoms with Crippen LogP contribution in [0.2, 0.25) is 0 Å². The van der Waals surface area contributed by atoms with Gasteiger partial charge in [-0.05, 0) is 30.5 Å². The summed E-state index contributed by atoms with van der Waals surface area (Å²) in [6.45, 7) is 4.41. The smallest absolute Gasteiger partial charge is 0.244 e. The summed E-state index contributed by atoms with van der Waals surface area (Å²) in [5.41, 5.74) is 1.23. The maximum atomic E-state index is 13.0. The maximum absolute atomic E-state index is 13.0. The molecule has 33 heavy (non-hydrogen) atoms. The van der Waals surface area contributed by atoms with Crippen LogP contribution in [0.15, 0.2) is 58.6 Å². The fraction of sp³-hybridized carbons (Fsp3) is 0.478. The van der Waals surface area contributed by atoms with E-state index in [1.165, 1.54) is 27.8 Å². The third-order valence-electron chi connectivity index (χ3n) is 5.83. The van der Waals surface area contributed by atoms with E-state index in [9.17, 15) is 13.2 Å². The second-order valence-electron chi connectivity index (χ2n) is 8.23. The zero-order valence-electron chi connectivity index (χ0n) is 18.6. The Morgan fingerprint density at radius 2 is 1.91 bits per heavy atom. The summed E-state index contributed by atoms with van der Waals surface area (Å²) in [6, 6.07) is 13.4. The predicted octanol–water partition coefficient (Wildman–Crippen LogP) is 1.98. The molecule has 2 aromatic rings. The Labute approximate surface area is 199 Å². The van der Waals surface area contributed by atoms with Crippen molar-refractivity contribution in [1.82, 2.24) is 19.5 Å². The summed E-state index contributed by atoms with van der Waals surface area (Å²) >= 11 is 1.29. The number of sulfonamides is 1. The lowest BCUT2D eigenvalue weighted by Crippen LogP contribution is -2.48. The lowest BCUT2D eigenvalue weighted by Gasteiger charge is -2.33. The van der Waals surface area contributed by atoms with Gasteiger partial charge in [-0.3, -0.25) is 9.69 Å². The Kier molecular flexibility index (Phi) is 8.37. The first-order valence-electron chi connectivity index (χ1n) is 11.2. The molecule has 1 unspecified atom stereocenters. The molecule has 178 valence electrons. The molecule has 1 atom stereocenters. The number of pyridine rings is 1. The van der Waals surface area contributed by atoms with E-state index in [1.54, 1.807) is 12.1 Å². The number of amides is 1. The molecule has 4 rings (SSSR count). The van der Waals surface area contributed by atoms with Gasteiger partial charge >= 0.3 is 0 Å². The van der Waals surface area contributed by atoms with E-state index in [0.29, 0.717) is 37.7 Å². The van der Waals surface area contributed by atoms with Gasteiger partial charge in [0.2, 0.25) is 15.9 Å². The van der Waals surface area contributed by atoms with Crippen LogP contribution in [0, 0.1) is 0 Å². The van der Waals surface area contributed by atoms with E-state index in [4.69, 9.17) is 4.74 Å². The number of benzene rings is 1. The normalized spacial score (nSPS) is 20.1. The minimum Gasteiger partial charge on any atom is -0.376 e. The second kappa shape index (κ2) is 11.4. The van der Waals surface area contributed by atoms with Crippen LogP contribution in [0.4, 0.5) is 0 Å². The molecule has 2 aliphatic heterocycles. The Balaban J connectivity index is 1.24. The topological polar surface area (TPSA) is 91.8 Å². The molecule has 10 heteroatoms. The first kappa shape index (κ1) is 24.2. The van der Waals surface area contributed by atoms with Crippen LogP contribution < -0.4 is 5.32 Å². The van der Waals surface area contributed by atoms with Gasteiger partial charge in [-0.15, -0.1) is 0 Å². The highest BCUT2D eigenvalue weighted by molar-refractivity contribution is 7.99. The number of hydrogen-bond acceptors (Lipinski definition) is 7. The number of nitrogens with zero attached hydrogens (tertiary/aromatic N) is 3. The third kappa shape index (κ3) is 6.77. The van der Waals surface area contributed by atoms with Crippen LogP contribution in [-0.2, 0) is 26.1 Å². The molecule has 1 amide bonds. The van der Waals surface area contributed by atoms with Gasteiger partial charge in [-0.25, -0.2) is 13.4 Å². The van der Waals surface area contributed by atoms with Crippen LogP contribution in [0.3, 0.4) is 0 Å². The molecule has 0 spiro atoms. The van der Waals surface area contributed by atoms with E-state index < -0.39 is 10.0 Å². The summed E-state index contributed by atoms with van der Waals surface area (Å²) in [4.78, 5) is 18.7. The van der Waals surface area contributed by atoms with Crippen molar-refractivity contribution in [3.05, 3.63) is 54.2 Å². The van der Waals surface area contributed by atoms with Gasteiger partial charge in [0.05, 0.1) is 16.9 Å². The Morgan fingerprint density at radius 3 is 2.58 bits per heavy atom. The monoisotopic (exact) mass is 490 g/mol. The van der Waals surface area contributed by atoms with Crippen molar-refractivity contribution >= 4 is 27.7 Å². The van der Waals surface area contributed by atoms with Crippen molar-refractivity contribution in [3.63, 3.8) is 0 Å². The molecule has 0 bridgehead atoms. The third-order valence-corrected chi connectivity index (χ3v) is 8.66. The van der Waals surface area contributed by atoms with Gasteiger partial charge in [0.15, 0.2) is 0 Å². The molecular weight excluding hydrogens is 460 g/mol. The average molecular weight is 491 g/mol. The molecule has 3 heterocycles. The quantitative estimate of drug-likeness (QED) is 0.538. The molecule has 0 aliphatic carbocycles. The van der Waals surface area contributed by atoms with Crippen LogP contribution in [0.1, 0.15) is 18.4 Å². The molecule has 1 aromatic carbocycles. The number of carbonyl (C=O) groups excluding carboxylic acids is 1. The van der Waals surface area contributed by atoms with Crippen molar-refractivity contribution in [3.8, 4) is 0 Å². The van der Waals surface area contributed by atoms with Gasteiger partial charge in [0.1, 0.15) is 4.90 Å². The van der Waals surface area contributed by atoms with Gasteiger partial charge in [0.25, 0.3) is 0 Å². The van der Waals surface area contributed by atoms with E-state index in [0.717, 1.165) is 26.0 Å². The molecule has 1 aromatic heterocycles. The zero-order chi connectivity index (χ0) is 23.1. The molecule has 2 fully saturated rings. The molecule has 8 nitrogen and oxygen atoms in total. The summed E-state index contributed by atoms with van der Waals surface area (Å²) < 4.78 is 33.1. The van der Waals surface area contributed by atoms with Crippen molar-refractivity contribution in [2.75, 3.05) is 45.1 Å². The fourth-order valence-electron chi connectivity index (χ4n) is 3.95. The lowest BCUT2D eigenvalue weighted by molar-refractivity contribution is -0.119. The molecule has 0 radical (unpaired) electrons. The summed E-state index contributed by atoms with van der Waals surface area (Å²) in [5.74, 6) is 0.150. The highest BCUT2D eigenvalue weighted by atomic mass is 32.2. The van der Waals surface area contributed by atoms with Crippen LogP contribution in [0.5, 0.6) is 0 Å².